The Labute approximate surface area is 96.2 Å². The van der Waals surface area contributed by atoms with E-state index in [-0.39, 0.29) is 5.91 Å². The Balaban J connectivity index is 2.57. The van der Waals surface area contributed by atoms with Crippen molar-refractivity contribution in [2.45, 2.75) is 13.8 Å². The molecule has 0 aliphatic carbocycles. The summed E-state index contributed by atoms with van der Waals surface area (Å²) in [5.74, 6) is 0.0236. The molecule has 1 rings (SSSR count). The van der Waals surface area contributed by atoms with Gasteiger partial charge in [0.1, 0.15) is 0 Å². The van der Waals surface area contributed by atoms with E-state index in [1.165, 1.54) is 0 Å². The van der Waals surface area contributed by atoms with Crippen LogP contribution in [0.4, 0.5) is 11.4 Å². The number of nitrogens with two attached hydrogens (primary N) is 1. The summed E-state index contributed by atoms with van der Waals surface area (Å²) in [5, 5.41) is 5.86. The summed E-state index contributed by atoms with van der Waals surface area (Å²) < 4.78 is 0. The van der Waals surface area contributed by atoms with Crippen molar-refractivity contribution in [3.05, 3.63) is 24.3 Å². The molecule has 4 heteroatoms. The first kappa shape index (κ1) is 12.4. The third kappa shape index (κ3) is 3.15. The van der Waals surface area contributed by atoms with E-state index in [1.54, 1.807) is 7.05 Å². The fourth-order valence-corrected chi connectivity index (χ4v) is 1.34. The van der Waals surface area contributed by atoms with E-state index in [9.17, 15) is 4.79 Å². The largest absolute Gasteiger partial charge is 0.399 e. The fraction of sp³-hybridized carbons (Fsp3) is 0.417. The van der Waals surface area contributed by atoms with Gasteiger partial charge in [0.2, 0.25) is 5.91 Å². The third-order valence-electron chi connectivity index (χ3n) is 2.49. The van der Waals surface area contributed by atoms with Crippen LogP contribution in [0.1, 0.15) is 13.8 Å². The van der Waals surface area contributed by atoms with Gasteiger partial charge in [-0.2, -0.15) is 0 Å². The number of nitrogens with one attached hydrogen (secondary N) is 2. The second kappa shape index (κ2) is 4.88. The maximum absolute atomic E-state index is 11.5. The molecule has 0 spiro atoms. The zero-order valence-corrected chi connectivity index (χ0v) is 10.0. The zero-order valence-electron chi connectivity index (χ0n) is 10.0. The lowest BCUT2D eigenvalue weighted by Gasteiger charge is -2.23. The van der Waals surface area contributed by atoms with Crippen LogP contribution in [0, 0.1) is 5.41 Å². The Morgan fingerprint density at radius 2 is 1.88 bits per heavy atom. The highest BCUT2D eigenvalue weighted by Gasteiger charge is 2.25. The lowest BCUT2D eigenvalue weighted by Crippen LogP contribution is -2.39. The van der Waals surface area contributed by atoms with Crippen molar-refractivity contribution in [3.63, 3.8) is 0 Å². The number of carbonyl (C=O) groups is 1. The first-order valence-corrected chi connectivity index (χ1v) is 5.27. The lowest BCUT2D eigenvalue weighted by molar-refractivity contribution is -0.128. The van der Waals surface area contributed by atoms with Gasteiger partial charge in [0.05, 0.1) is 5.41 Å². The van der Waals surface area contributed by atoms with Gasteiger partial charge in [0.15, 0.2) is 0 Å². The molecule has 0 aromatic heterocycles. The maximum atomic E-state index is 11.5. The van der Waals surface area contributed by atoms with E-state index in [4.69, 9.17) is 5.73 Å². The van der Waals surface area contributed by atoms with Crippen molar-refractivity contribution >= 4 is 17.3 Å². The molecule has 0 saturated carbocycles. The van der Waals surface area contributed by atoms with E-state index < -0.39 is 5.41 Å². The molecule has 0 saturated heterocycles. The molecule has 4 N–H and O–H groups in total. The second-order valence-corrected chi connectivity index (χ2v) is 4.44. The molecule has 1 aromatic carbocycles. The number of benzene rings is 1. The number of carbonyl (C=O) groups excluding carboxylic acids is 1. The average Bonchev–Trinajstić information content (AvgIpc) is 2.27. The molecule has 0 aliphatic heterocycles. The predicted octanol–water partition coefficient (Wildman–Crippen LogP) is 1.45. The first-order valence-electron chi connectivity index (χ1n) is 5.27. The number of hydrogen-bond donors (Lipinski definition) is 3. The van der Waals surface area contributed by atoms with Gasteiger partial charge >= 0.3 is 0 Å². The van der Waals surface area contributed by atoms with Crippen LogP contribution in [0.15, 0.2) is 24.3 Å². The topological polar surface area (TPSA) is 67.2 Å². The Kier molecular flexibility index (Phi) is 3.77. The van der Waals surface area contributed by atoms with E-state index in [0.29, 0.717) is 6.54 Å². The van der Waals surface area contributed by atoms with Crippen molar-refractivity contribution < 1.29 is 4.79 Å². The highest BCUT2D eigenvalue weighted by atomic mass is 16.2. The van der Waals surface area contributed by atoms with Gasteiger partial charge in [-0.25, -0.2) is 0 Å². The summed E-state index contributed by atoms with van der Waals surface area (Å²) in [5.41, 5.74) is 6.85. The number of amides is 1. The smallest absolute Gasteiger partial charge is 0.227 e. The highest BCUT2D eigenvalue weighted by molar-refractivity contribution is 5.82. The van der Waals surface area contributed by atoms with E-state index in [0.717, 1.165) is 11.4 Å². The van der Waals surface area contributed by atoms with Crippen LogP contribution < -0.4 is 16.4 Å². The van der Waals surface area contributed by atoms with Crippen LogP contribution in [0.5, 0.6) is 0 Å². The van der Waals surface area contributed by atoms with Gasteiger partial charge in [-0.1, -0.05) is 0 Å². The minimum atomic E-state index is -0.434. The van der Waals surface area contributed by atoms with Crippen LogP contribution in [0.2, 0.25) is 0 Å². The van der Waals surface area contributed by atoms with Crippen molar-refractivity contribution in [2.75, 3.05) is 24.6 Å². The molecule has 0 unspecified atom stereocenters. The number of nitrogen functional groups attached to an aromatic ring is 1. The number of rotatable bonds is 4. The monoisotopic (exact) mass is 221 g/mol. The predicted molar refractivity (Wildman–Crippen MR) is 67.2 cm³/mol. The normalized spacial score (nSPS) is 10.9. The van der Waals surface area contributed by atoms with Gasteiger partial charge in [-0.15, -0.1) is 0 Å². The fourth-order valence-electron chi connectivity index (χ4n) is 1.34. The standard InChI is InChI=1S/C12H19N3O/c1-12(2,11(16)14-3)8-15-10-6-4-9(13)5-7-10/h4-7,15H,8,13H2,1-3H3,(H,14,16). The summed E-state index contributed by atoms with van der Waals surface area (Å²) in [4.78, 5) is 11.5. The van der Waals surface area contributed by atoms with Crippen LogP contribution in [-0.4, -0.2) is 19.5 Å². The van der Waals surface area contributed by atoms with Crippen LogP contribution in [-0.2, 0) is 4.79 Å². The van der Waals surface area contributed by atoms with Crippen LogP contribution in [0.3, 0.4) is 0 Å². The Morgan fingerprint density at radius 3 is 2.38 bits per heavy atom. The van der Waals surface area contributed by atoms with Crippen molar-refractivity contribution in [3.8, 4) is 0 Å². The second-order valence-electron chi connectivity index (χ2n) is 4.44. The SMILES string of the molecule is CNC(=O)C(C)(C)CNc1ccc(N)cc1. The molecule has 0 bridgehead atoms. The van der Waals surface area contributed by atoms with Gasteiger partial charge in [-0.3, -0.25) is 4.79 Å². The van der Waals surface area contributed by atoms with Crippen LogP contribution in [0.25, 0.3) is 0 Å². The minimum absolute atomic E-state index is 0.0236. The molecule has 0 heterocycles. The zero-order chi connectivity index (χ0) is 12.2. The Bertz CT molecular complexity index is 357. The summed E-state index contributed by atoms with van der Waals surface area (Å²) in [6, 6.07) is 7.45. The Morgan fingerprint density at radius 1 is 1.31 bits per heavy atom. The van der Waals surface area contributed by atoms with E-state index >= 15 is 0 Å². The van der Waals surface area contributed by atoms with Crippen molar-refractivity contribution in [1.29, 1.82) is 0 Å². The summed E-state index contributed by atoms with van der Waals surface area (Å²) >= 11 is 0. The lowest BCUT2D eigenvalue weighted by atomic mass is 9.92. The third-order valence-corrected chi connectivity index (χ3v) is 2.49. The molecule has 1 aromatic rings. The molecule has 0 aliphatic rings. The summed E-state index contributed by atoms with van der Waals surface area (Å²) in [6.45, 7) is 4.38. The molecular formula is C12H19N3O. The molecule has 16 heavy (non-hydrogen) atoms. The first-order chi connectivity index (χ1) is 7.45. The molecule has 1 amide bonds. The molecule has 4 nitrogen and oxygen atoms in total. The minimum Gasteiger partial charge on any atom is -0.399 e. The number of hydrogen-bond acceptors (Lipinski definition) is 3. The Hall–Kier alpha value is -1.71. The summed E-state index contributed by atoms with van der Waals surface area (Å²) in [7, 11) is 1.65. The molecular weight excluding hydrogens is 202 g/mol. The molecule has 0 radical (unpaired) electrons. The van der Waals surface area contributed by atoms with Gasteiger partial charge in [0.25, 0.3) is 0 Å². The van der Waals surface area contributed by atoms with E-state index in [1.807, 2.05) is 38.1 Å². The average molecular weight is 221 g/mol. The van der Waals surface area contributed by atoms with Crippen molar-refractivity contribution in [1.82, 2.24) is 5.32 Å². The van der Waals surface area contributed by atoms with Crippen LogP contribution >= 0.6 is 0 Å². The quantitative estimate of drug-likeness (QED) is 0.674. The van der Waals surface area contributed by atoms with Gasteiger partial charge in [0, 0.05) is 25.0 Å². The summed E-state index contributed by atoms with van der Waals surface area (Å²) in [6.07, 6.45) is 0. The number of anilines is 2. The highest BCUT2D eigenvalue weighted by Crippen LogP contribution is 2.17. The molecule has 0 atom stereocenters. The van der Waals surface area contributed by atoms with E-state index in [2.05, 4.69) is 10.6 Å². The molecule has 88 valence electrons. The van der Waals surface area contributed by atoms with Crippen molar-refractivity contribution in [2.24, 2.45) is 5.41 Å². The van der Waals surface area contributed by atoms with Gasteiger partial charge in [-0.05, 0) is 38.1 Å². The van der Waals surface area contributed by atoms with Gasteiger partial charge < -0.3 is 16.4 Å². The maximum Gasteiger partial charge on any atom is 0.227 e. The molecule has 0 fully saturated rings.